The molecule has 0 aliphatic heterocycles. The molecule has 3 N–H and O–H groups in total. The van der Waals surface area contributed by atoms with E-state index in [1.54, 1.807) is 18.2 Å². The topological polar surface area (TPSA) is 38.0 Å². The predicted octanol–water partition coefficient (Wildman–Crippen LogP) is 4.47. The molecular weight excluding hydrogens is 301 g/mol. The maximum atomic E-state index is 12.5. The second-order valence-electron chi connectivity index (χ2n) is 4.56. The maximum absolute atomic E-state index is 12.5. The molecule has 0 aliphatic rings. The number of hydrogen-bond acceptors (Lipinski definition) is 2. The Balaban J connectivity index is 2.18. The summed E-state index contributed by atoms with van der Waals surface area (Å²) in [5.41, 5.74) is 6.47. The van der Waals surface area contributed by atoms with Gasteiger partial charge in [-0.2, -0.15) is 13.2 Å². The third-order valence-electron chi connectivity index (χ3n) is 3.04. The van der Waals surface area contributed by atoms with E-state index >= 15 is 0 Å². The number of hydrogen-bond donors (Lipinski definition) is 2. The Hall–Kier alpha value is -1.72. The highest BCUT2D eigenvalue weighted by Crippen LogP contribution is 2.30. The second-order valence-corrected chi connectivity index (χ2v) is 5.00. The molecule has 21 heavy (non-hydrogen) atoms. The molecule has 0 saturated carbocycles. The van der Waals surface area contributed by atoms with Crippen molar-refractivity contribution < 1.29 is 13.2 Å². The number of rotatable bonds is 4. The number of anilines is 1. The summed E-state index contributed by atoms with van der Waals surface area (Å²) in [5.74, 6) is 0. The molecule has 2 rings (SSSR count). The Labute approximate surface area is 125 Å². The minimum atomic E-state index is -4.34. The van der Waals surface area contributed by atoms with Crippen LogP contribution in [0.25, 0.3) is 0 Å². The van der Waals surface area contributed by atoms with Gasteiger partial charge in [0, 0.05) is 17.3 Å². The quantitative estimate of drug-likeness (QED) is 0.873. The molecule has 1 unspecified atom stereocenters. The molecule has 0 saturated heterocycles. The van der Waals surface area contributed by atoms with Gasteiger partial charge in [-0.05, 0) is 35.9 Å². The lowest BCUT2D eigenvalue weighted by molar-refractivity contribution is -0.137. The van der Waals surface area contributed by atoms with Gasteiger partial charge in [0.25, 0.3) is 0 Å². The van der Waals surface area contributed by atoms with Gasteiger partial charge < -0.3 is 11.1 Å². The molecule has 0 aromatic heterocycles. The molecule has 0 amide bonds. The molecule has 0 bridgehead atoms. The lowest BCUT2D eigenvalue weighted by Crippen LogP contribution is -2.20. The van der Waals surface area contributed by atoms with Crippen molar-refractivity contribution in [1.82, 2.24) is 0 Å². The van der Waals surface area contributed by atoms with E-state index in [4.69, 9.17) is 17.3 Å². The van der Waals surface area contributed by atoms with E-state index in [0.717, 1.165) is 17.8 Å². The van der Waals surface area contributed by atoms with Crippen molar-refractivity contribution in [3.05, 3.63) is 64.7 Å². The highest BCUT2D eigenvalue weighted by molar-refractivity contribution is 6.30. The van der Waals surface area contributed by atoms with Gasteiger partial charge in [-0.25, -0.2) is 0 Å². The Morgan fingerprint density at radius 2 is 1.76 bits per heavy atom. The van der Waals surface area contributed by atoms with Crippen LogP contribution >= 0.6 is 11.6 Å². The van der Waals surface area contributed by atoms with E-state index in [-0.39, 0.29) is 12.6 Å². The molecule has 0 aliphatic carbocycles. The van der Waals surface area contributed by atoms with Crippen molar-refractivity contribution in [2.45, 2.75) is 12.2 Å². The summed E-state index contributed by atoms with van der Waals surface area (Å²) in [6.07, 6.45) is -4.34. The standard InChI is InChI=1S/C15H14ClF3N2/c16-12-2-1-3-13(8-12)21-14(9-20)10-4-6-11(7-5-10)15(17,18)19/h1-8,14,21H,9,20H2. The van der Waals surface area contributed by atoms with Crippen molar-refractivity contribution in [1.29, 1.82) is 0 Å². The molecule has 2 aromatic rings. The zero-order valence-electron chi connectivity index (χ0n) is 11.0. The largest absolute Gasteiger partial charge is 0.416 e. The molecule has 2 aromatic carbocycles. The molecule has 6 heteroatoms. The molecule has 2 nitrogen and oxygen atoms in total. The minimum absolute atomic E-state index is 0.248. The fraction of sp³-hybridized carbons (Fsp3) is 0.200. The molecule has 1 atom stereocenters. The maximum Gasteiger partial charge on any atom is 0.416 e. The van der Waals surface area contributed by atoms with Crippen molar-refractivity contribution in [3.8, 4) is 0 Å². The average molecular weight is 315 g/mol. The van der Waals surface area contributed by atoms with Gasteiger partial charge >= 0.3 is 6.18 Å². The van der Waals surface area contributed by atoms with Crippen LogP contribution in [0.2, 0.25) is 5.02 Å². The third kappa shape index (κ3) is 4.12. The van der Waals surface area contributed by atoms with E-state index in [9.17, 15) is 13.2 Å². The summed E-state index contributed by atoms with van der Waals surface area (Å²) >= 11 is 5.89. The van der Waals surface area contributed by atoms with Crippen LogP contribution in [0.15, 0.2) is 48.5 Å². The van der Waals surface area contributed by atoms with Crippen molar-refractivity contribution >= 4 is 17.3 Å². The number of halogens is 4. The zero-order valence-corrected chi connectivity index (χ0v) is 11.7. The third-order valence-corrected chi connectivity index (χ3v) is 3.28. The Morgan fingerprint density at radius 1 is 1.10 bits per heavy atom. The number of alkyl halides is 3. The monoisotopic (exact) mass is 314 g/mol. The van der Waals surface area contributed by atoms with Gasteiger partial charge in [0.2, 0.25) is 0 Å². The van der Waals surface area contributed by atoms with Crippen molar-refractivity contribution in [2.24, 2.45) is 5.73 Å². The van der Waals surface area contributed by atoms with Crippen LogP contribution in [-0.4, -0.2) is 6.54 Å². The van der Waals surface area contributed by atoms with Gasteiger partial charge in [-0.15, -0.1) is 0 Å². The van der Waals surface area contributed by atoms with E-state index in [2.05, 4.69) is 5.32 Å². The van der Waals surface area contributed by atoms with E-state index in [0.29, 0.717) is 10.6 Å². The van der Waals surface area contributed by atoms with Crippen LogP contribution in [0.4, 0.5) is 18.9 Å². The van der Waals surface area contributed by atoms with Crippen LogP contribution < -0.4 is 11.1 Å². The molecule has 0 radical (unpaired) electrons. The lowest BCUT2D eigenvalue weighted by atomic mass is 10.0. The predicted molar refractivity (Wildman–Crippen MR) is 78.3 cm³/mol. The summed E-state index contributed by atoms with van der Waals surface area (Å²) in [4.78, 5) is 0. The summed E-state index contributed by atoms with van der Waals surface area (Å²) in [6.45, 7) is 0.248. The van der Waals surface area contributed by atoms with E-state index in [1.165, 1.54) is 12.1 Å². The van der Waals surface area contributed by atoms with Crippen molar-refractivity contribution in [2.75, 3.05) is 11.9 Å². The van der Waals surface area contributed by atoms with Crippen LogP contribution in [0, 0.1) is 0 Å². The van der Waals surface area contributed by atoms with Crippen LogP contribution in [-0.2, 0) is 6.18 Å². The summed E-state index contributed by atoms with van der Waals surface area (Å²) in [7, 11) is 0. The van der Waals surface area contributed by atoms with Gasteiger partial charge in [0.15, 0.2) is 0 Å². The first-order chi connectivity index (χ1) is 9.90. The smallest absolute Gasteiger partial charge is 0.377 e. The number of nitrogens with two attached hydrogens (primary N) is 1. The first kappa shape index (κ1) is 15.7. The van der Waals surface area contributed by atoms with Gasteiger partial charge in [0.1, 0.15) is 0 Å². The highest BCUT2D eigenvalue weighted by Gasteiger charge is 2.30. The Morgan fingerprint density at radius 3 is 2.29 bits per heavy atom. The SMILES string of the molecule is NCC(Nc1cccc(Cl)c1)c1ccc(C(F)(F)F)cc1. The number of benzene rings is 2. The fourth-order valence-corrected chi connectivity index (χ4v) is 2.15. The minimum Gasteiger partial charge on any atom is -0.377 e. The summed E-state index contributed by atoms with van der Waals surface area (Å²) < 4.78 is 37.6. The van der Waals surface area contributed by atoms with Gasteiger partial charge in [0.05, 0.1) is 11.6 Å². The van der Waals surface area contributed by atoms with Gasteiger partial charge in [-0.1, -0.05) is 29.8 Å². The lowest BCUT2D eigenvalue weighted by Gasteiger charge is -2.19. The van der Waals surface area contributed by atoms with Crippen LogP contribution in [0.5, 0.6) is 0 Å². The first-order valence-corrected chi connectivity index (χ1v) is 6.67. The van der Waals surface area contributed by atoms with Crippen molar-refractivity contribution in [3.63, 3.8) is 0 Å². The fourth-order valence-electron chi connectivity index (χ4n) is 1.96. The molecule has 0 fully saturated rings. The summed E-state index contributed by atoms with van der Waals surface area (Å²) in [5, 5.41) is 3.73. The van der Waals surface area contributed by atoms with Crippen LogP contribution in [0.1, 0.15) is 17.2 Å². The first-order valence-electron chi connectivity index (χ1n) is 6.29. The van der Waals surface area contributed by atoms with E-state index < -0.39 is 11.7 Å². The Bertz CT molecular complexity index is 597. The highest BCUT2D eigenvalue weighted by atomic mass is 35.5. The Kier molecular flexibility index (Phi) is 4.75. The number of nitrogens with one attached hydrogen (secondary N) is 1. The van der Waals surface area contributed by atoms with Crippen LogP contribution in [0.3, 0.4) is 0 Å². The van der Waals surface area contributed by atoms with Gasteiger partial charge in [-0.3, -0.25) is 0 Å². The molecule has 0 heterocycles. The molecular formula is C15H14ClF3N2. The normalized spacial score (nSPS) is 13.0. The molecule has 112 valence electrons. The molecule has 0 spiro atoms. The zero-order chi connectivity index (χ0) is 15.5. The average Bonchev–Trinajstić information content (AvgIpc) is 2.44. The second kappa shape index (κ2) is 6.37. The summed E-state index contributed by atoms with van der Waals surface area (Å²) in [6, 6.07) is 11.7. The van der Waals surface area contributed by atoms with E-state index in [1.807, 2.05) is 6.07 Å².